The molecule has 84 heavy (non-hydrogen) atoms. The molecular weight excluding hydrogens is 1120 g/mol. The number of rotatable bonds is 35. The van der Waals surface area contributed by atoms with Gasteiger partial charge < -0.3 is 41.8 Å². The van der Waals surface area contributed by atoms with Crippen molar-refractivity contribution in [3.05, 3.63) is 65.3 Å². The topological polar surface area (TPSA) is 145 Å². The van der Waals surface area contributed by atoms with Crippen LogP contribution in [-0.2, 0) is 52.9 Å². The molecule has 1 aromatic rings. The van der Waals surface area contributed by atoms with Crippen LogP contribution >= 0.6 is 0 Å². The Balaban J connectivity index is 4.18. The molecule has 0 spiro atoms. The van der Waals surface area contributed by atoms with Crippen molar-refractivity contribution in [3.63, 3.8) is 0 Å². The van der Waals surface area contributed by atoms with Gasteiger partial charge in [-0.2, -0.15) is 0 Å². The molecule has 0 aliphatic rings. The van der Waals surface area contributed by atoms with Gasteiger partial charge in [-0.15, -0.1) is 0 Å². The lowest BCUT2D eigenvalue weighted by atomic mass is 9.80. The highest BCUT2D eigenvalue weighted by Crippen LogP contribution is 2.43. The summed E-state index contributed by atoms with van der Waals surface area (Å²) in [6.07, 6.45) is 3.35. The predicted molar refractivity (Wildman–Crippen MR) is 360 cm³/mol. The van der Waals surface area contributed by atoms with Crippen LogP contribution in [0.4, 0.5) is 0 Å². The van der Waals surface area contributed by atoms with Crippen LogP contribution < -0.4 is 4.74 Å². The van der Waals surface area contributed by atoms with Crippen molar-refractivity contribution in [1.82, 2.24) is 0 Å². The van der Waals surface area contributed by atoms with Gasteiger partial charge in [0.1, 0.15) is 29.0 Å². The number of hydrogen-bond acceptors (Lipinski definition) is 12. The standard InChI is InChI=1S/C68H126O12Si4/c1-32-36-46(5)41-48(7)60(80-84(33-2,34-3)35-4)55(45-76-81(26,27)66(15,16)17)61(75-44-53-37-39-54(73-24)40-38-53)50(9)57(70)43-56(69)47(6)42-49(8)59(78-82(28,29)67(18,19)20)51(10)58(71)52(11)62(74-25)63(64(72)77-65(12,13)14)79-83(30,31)68(21,22)23/h32,36-42,46-47,50-52,55,57,59-63,70H,33-35,43-45H2,1-31H3/b36-32-,48-41+,49-42+/t46-,47-,50+,51-,52+,55+,57-,59-,60+,61-,62-,63+/m0/s1. The molecular formula is C68H126O12Si4. The number of ether oxygens (including phenoxy) is 4. The first-order chi connectivity index (χ1) is 38.2. The zero-order valence-corrected chi connectivity index (χ0v) is 63.2. The molecule has 0 unspecified atom stereocenters. The molecule has 486 valence electrons. The Morgan fingerprint density at radius 1 is 0.631 bits per heavy atom. The third-order valence-corrected chi connectivity index (χ3v) is 37.2. The fourth-order valence-electron chi connectivity index (χ4n) is 9.99. The van der Waals surface area contributed by atoms with Crippen LogP contribution in [0.5, 0.6) is 5.75 Å². The van der Waals surface area contributed by atoms with E-state index in [0.717, 1.165) is 40.6 Å². The molecule has 12 nitrogen and oxygen atoms in total. The Kier molecular flexibility index (Phi) is 31.2. The summed E-state index contributed by atoms with van der Waals surface area (Å²) in [4.78, 5) is 44.2. The Bertz CT molecular complexity index is 2270. The molecule has 1 rings (SSSR count). The fraction of sp³-hybridized carbons (Fsp3) is 0.779. The van der Waals surface area contributed by atoms with Gasteiger partial charge in [0.2, 0.25) is 0 Å². The number of benzene rings is 1. The van der Waals surface area contributed by atoms with E-state index in [1.807, 2.05) is 85.7 Å². The first-order valence-electron chi connectivity index (χ1n) is 31.6. The molecule has 12 atom stereocenters. The number of aliphatic hydroxyl groups excluding tert-OH is 1. The lowest BCUT2D eigenvalue weighted by Gasteiger charge is -2.45. The summed E-state index contributed by atoms with van der Waals surface area (Å²) in [6, 6.07) is 10.7. The van der Waals surface area contributed by atoms with E-state index < -0.39 is 105 Å². The van der Waals surface area contributed by atoms with Crippen molar-refractivity contribution in [2.75, 3.05) is 20.8 Å². The molecule has 0 amide bonds. The van der Waals surface area contributed by atoms with E-state index in [2.05, 4.69) is 154 Å². The van der Waals surface area contributed by atoms with E-state index in [0.29, 0.717) is 6.61 Å². The predicted octanol–water partition coefficient (Wildman–Crippen LogP) is 17.3. The van der Waals surface area contributed by atoms with Crippen LogP contribution in [0.15, 0.2) is 59.7 Å². The first kappa shape index (κ1) is 79.6. The molecule has 0 aliphatic carbocycles. The Labute approximate surface area is 518 Å². The second-order valence-electron chi connectivity index (χ2n) is 30.0. The van der Waals surface area contributed by atoms with Crippen LogP contribution in [0.3, 0.4) is 0 Å². The summed E-state index contributed by atoms with van der Waals surface area (Å²) in [5, 5.41) is 12.1. The van der Waals surface area contributed by atoms with Crippen molar-refractivity contribution >= 4 is 50.8 Å². The van der Waals surface area contributed by atoms with Crippen LogP contribution in [0.1, 0.15) is 171 Å². The van der Waals surface area contributed by atoms with Gasteiger partial charge in [-0.25, -0.2) is 4.79 Å². The summed E-state index contributed by atoms with van der Waals surface area (Å²) in [5.41, 5.74) is 1.97. The molecule has 1 N–H and O–H groups in total. The summed E-state index contributed by atoms with van der Waals surface area (Å²) in [6.45, 7) is 61.1. The second kappa shape index (κ2) is 32.9. The van der Waals surface area contributed by atoms with Crippen molar-refractivity contribution in [2.24, 2.45) is 35.5 Å². The van der Waals surface area contributed by atoms with Crippen LogP contribution in [0, 0.1) is 35.5 Å². The lowest BCUT2D eigenvalue weighted by molar-refractivity contribution is -0.174. The van der Waals surface area contributed by atoms with E-state index in [9.17, 15) is 14.7 Å². The van der Waals surface area contributed by atoms with E-state index in [4.69, 9.17) is 36.7 Å². The van der Waals surface area contributed by atoms with Crippen molar-refractivity contribution in [2.45, 2.75) is 287 Å². The number of aliphatic hydroxyl groups is 1. The summed E-state index contributed by atoms with van der Waals surface area (Å²) < 4.78 is 53.8. The molecule has 0 saturated heterocycles. The minimum absolute atomic E-state index is 0.0817. The second-order valence-corrected chi connectivity index (χ2v) is 49.1. The van der Waals surface area contributed by atoms with Gasteiger partial charge in [0.25, 0.3) is 0 Å². The molecule has 16 heteroatoms. The quantitative estimate of drug-likeness (QED) is 0.0392. The fourth-order valence-corrected chi connectivity index (χ4v) is 16.5. The molecule has 0 fully saturated rings. The minimum atomic E-state index is -2.61. The number of carbonyl (C=O) groups excluding carboxylic acids is 3. The zero-order chi connectivity index (χ0) is 65.5. The molecule has 0 aliphatic heterocycles. The molecule has 0 radical (unpaired) electrons. The third-order valence-electron chi connectivity index (χ3n) is 19.2. The van der Waals surface area contributed by atoms with Gasteiger partial charge in [-0.1, -0.05) is 154 Å². The third kappa shape index (κ3) is 23.2. The monoisotopic (exact) mass is 1250 g/mol. The average molecular weight is 1250 g/mol. The lowest BCUT2D eigenvalue weighted by Crippen LogP contribution is -2.55. The number of esters is 1. The van der Waals surface area contributed by atoms with Crippen LogP contribution in [0.25, 0.3) is 0 Å². The van der Waals surface area contributed by atoms with Crippen LogP contribution in [0.2, 0.25) is 72.5 Å². The number of carbonyl (C=O) groups is 3. The number of allylic oxidation sites excluding steroid dienone is 4. The van der Waals surface area contributed by atoms with Gasteiger partial charge in [0.05, 0.1) is 38.1 Å². The molecule has 0 aromatic heterocycles. The van der Waals surface area contributed by atoms with Gasteiger partial charge in [0.15, 0.2) is 39.4 Å². The maximum atomic E-state index is 15.2. The molecule has 1 aromatic carbocycles. The number of hydrogen-bond donors (Lipinski definition) is 1. The zero-order valence-electron chi connectivity index (χ0n) is 59.2. The Morgan fingerprint density at radius 3 is 1.54 bits per heavy atom. The maximum absolute atomic E-state index is 15.2. The highest BCUT2D eigenvalue weighted by molar-refractivity contribution is 6.75. The van der Waals surface area contributed by atoms with E-state index >= 15 is 4.79 Å². The highest BCUT2D eigenvalue weighted by atomic mass is 28.4. The van der Waals surface area contributed by atoms with Crippen molar-refractivity contribution < 1.29 is 56.1 Å². The Hall–Kier alpha value is -2.36. The van der Waals surface area contributed by atoms with E-state index in [1.54, 1.807) is 14.0 Å². The van der Waals surface area contributed by atoms with Gasteiger partial charge in [-0.3, -0.25) is 9.59 Å². The Morgan fingerprint density at radius 2 is 1.11 bits per heavy atom. The smallest absolute Gasteiger partial charge is 0.337 e. The molecule has 0 saturated carbocycles. The van der Waals surface area contributed by atoms with Gasteiger partial charge in [-0.05, 0) is 149 Å². The molecule has 0 bridgehead atoms. The minimum Gasteiger partial charge on any atom is -0.497 e. The SMILES string of the molecule is C/C=C\[C@H](C)/C=C(\C)[C@@H](O[Si](CC)(CC)CC)[C@@H](CO[Si](C)(C)C(C)(C)C)[C@@H](OCc1ccc(OC)cc1)[C@H](C)[C@@H](O)CC(=O)[C@@H](C)/C=C(\C)[C@H](O[Si](C)(C)C(C)(C)C)[C@@H](C)C(=O)[C@@H](C)[C@H](OC)[C@@H](O[Si](C)(C)C(C)(C)C)C(=O)OC(C)(C)C. The van der Waals surface area contributed by atoms with Gasteiger partial charge >= 0.3 is 5.97 Å². The van der Waals surface area contributed by atoms with Crippen LogP contribution in [-0.4, -0.2) is 119 Å². The summed E-state index contributed by atoms with van der Waals surface area (Å²) in [5.74, 6) is -3.14. The average Bonchev–Trinajstić information content (AvgIpc) is 3.58. The number of ketones is 2. The van der Waals surface area contributed by atoms with Gasteiger partial charge in [0, 0.05) is 49.7 Å². The van der Waals surface area contributed by atoms with Crippen molar-refractivity contribution in [1.29, 1.82) is 0 Å². The van der Waals surface area contributed by atoms with E-state index in [-0.39, 0.29) is 51.5 Å². The van der Waals surface area contributed by atoms with E-state index in [1.165, 1.54) is 7.11 Å². The maximum Gasteiger partial charge on any atom is 0.337 e. The number of Topliss-reactive ketones (excluding diaryl/α,β-unsaturated/α-hetero) is 2. The largest absolute Gasteiger partial charge is 0.497 e. The molecule has 0 heterocycles. The van der Waals surface area contributed by atoms with Crippen molar-refractivity contribution in [3.8, 4) is 5.75 Å². The normalized spacial score (nSPS) is 18.5. The highest BCUT2D eigenvalue weighted by Gasteiger charge is 2.50. The summed E-state index contributed by atoms with van der Waals surface area (Å²) >= 11 is 0. The number of methoxy groups -OCH3 is 2. The first-order valence-corrected chi connectivity index (χ1v) is 42.8. The summed E-state index contributed by atoms with van der Waals surface area (Å²) in [7, 11) is -6.69.